The molecule has 0 spiro atoms. The van der Waals surface area contributed by atoms with Crippen LogP contribution < -0.4 is 16.4 Å². The topological polar surface area (TPSA) is 111 Å². The molecular formula is C18H30N4O4. The van der Waals surface area contributed by atoms with Gasteiger partial charge in [-0.05, 0) is 44.2 Å². The summed E-state index contributed by atoms with van der Waals surface area (Å²) in [7, 11) is 0. The lowest BCUT2D eigenvalue weighted by molar-refractivity contribution is 0.0203. The molecule has 1 amide bonds. The maximum absolute atomic E-state index is 11.0. The van der Waals surface area contributed by atoms with Crippen LogP contribution in [0.25, 0.3) is 0 Å². The first-order chi connectivity index (χ1) is 12.7. The molecule has 0 bridgehead atoms. The van der Waals surface area contributed by atoms with Gasteiger partial charge in [-0.1, -0.05) is 0 Å². The van der Waals surface area contributed by atoms with Crippen LogP contribution in [0.2, 0.25) is 0 Å². The van der Waals surface area contributed by atoms with Crippen LogP contribution in [0.1, 0.15) is 42.5 Å². The smallest absolute Gasteiger partial charge is 0.284 e. The molecule has 1 aliphatic heterocycles. The molecule has 1 saturated heterocycles. The number of ether oxygens (including phenoxy) is 2. The lowest BCUT2D eigenvalue weighted by atomic mass is 10.0. The number of primary amides is 1. The molecule has 2 heterocycles. The van der Waals surface area contributed by atoms with Gasteiger partial charge in [0.05, 0.1) is 0 Å². The van der Waals surface area contributed by atoms with Crippen molar-refractivity contribution in [3.8, 4) is 0 Å². The van der Waals surface area contributed by atoms with Crippen molar-refractivity contribution in [3.05, 3.63) is 23.7 Å². The quantitative estimate of drug-likeness (QED) is 0.327. The maximum Gasteiger partial charge on any atom is 0.284 e. The number of aliphatic imine (C=N–C) groups is 1. The number of nitrogens with two attached hydrogens (primary N) is 1. The van der Waals surface area contributed by atoms with Gasteiger partial charge in [0.15, 0.2) is 11.7 Å². The average Bonchev–Trinajstić information content (AvgIpc) is 3.12. The summed E-state index contributed by atoms with van der Waals surface area (Å²) in [6, 6.07) is 3.26. The number of furan rings is 1. The van der Waals surface area contributed by atoms with Gasteiger partial charge in [0.2, 0.25) is 0 Å². The molecule has 1 aromatic rings. The van der Waals surface area contributed by atoms with Crippen molar-refractivity contribution in [3.63, 3.8) is 0 Å². The zero-order valence-electron chi connectivity index (χ0n) is 15.5. The fraction of sp³-hybridized carbons (Fsp3) is 0.667. The number of rotatable bonds is 10. The third-order valence-electron chi connectivity index (χ3n) is 4.09. The second kappa shape index (κ2) is 11.5. The molecule has 0 atom stereocenters. The van der Waals surface area contributed by atoms with E-state index in [2.05, 4.69) is 15.6 Å². The Morgan fingerprint density at radius 3 is 2.85 bits per heavy atom. The highest BCUT2D eigenvalue weighted by molar-refractivity contribution is 5.89. The molecule has 8 heteroatoms. The normalized spacial score (nSPS) is 15.8. The van der Waals surface area contributed by atoms with Crippen molar-refractivity contribution < 1.29 is 18.7 Å². The zero-order valence-corrected chi connectivity index (χ0v) is 15.5. The number of hydrogen-bond acceptors (Lipinski definition) is 5. The van der Waals surface area contributed by atoms with Crippen LogP contribution in [0.15, 0.2) is 21.5 Å². The van der Waals surface area contributed by atoms with Crippen LogP contribution in [0, 0.1) is 5.92 Å². The summed E-state index contributed by atoms with van der Waals surface area (Å²) >= 11 is 0. The summed E-state index contributed by atoms with van der Waals surface area (Å²) in [4.78, 5) is 15.5. The molecule has 1 aromatic heterocycles. The summed E-state index contributed by atoms with van der Waals surface area (Å²) in [6.07, 6.45) is 3.10. The highest BCUT2D eigenvalue weighted by Gasteiger charge is 2.13. The Kier molecular flexibility index (Phi) is 8.99. The van der Waals surface area contributed by atoms with E-state index < -0.39 is 5.91 Å². The van der Waals surface area contributed by atoms with Gasteiger partial charge in [-0.15, -0.1) is 0 Å². The minimum absolute atomic E-state index is 0.148. The van der Waals surface area contributed by atoms with Gasteiger partial charge in [-0.3, -0.25) is 4.79 Å². The number of carbonyl (C=O) groups is 1. The number of carbonyl (C=O) groups excluding carboxylic acids is 1. The molecule has 0 radical (unpaired) electrons. The van der Waals surface area contributed by atoms with E-state index in [1.54, 1.807) is 12.1 Å². The van der Waals surface area contributed by atoms with Crippen LogP contribution in [-0.2, 0) is 16.0 Å². The average molecular weight is 366 g/mol. The van der Waals surface area contributed by atoms with Crippen molar-refractivity contribution in [2.75, 3.05) is 39.5 Å². The first kappa shape index (κ1) is 20.3. The van der Waals surface area contributed by atoms with Crippen molar-refractivity contribution in [1.82, 2.24) is 10.6 Å². The SMILES string of the molecule is CCNC(=NCc1ccc(C(N)=O)o1)NCCCOCC1CCOCC1. The van der Waals surface area contributed by atoms with Gasteiger partial charge < -0.3 is 30.3 Å². The third-order valence-corrected chi connectivity index (χ3v) is 4.09. The van der Waals surface area contributed by atoms with Crippen LogP contribution >= 0.6 is 0 Å². The van der Waals surface area contributed by atoms with Gasteiger partial charge in [0.1, 0.15) is 12.3 Å². The molecule has 2 rings (SSSR count). The molecule has 1 fully saturated rings. The van der Waals surface area contributed by atoms with Gasteiger partial charge >= 0.3 is 0 Å². The molecule has 8 nitrogen and oxygen atoms in total. The molecule has 0 unspecified atom stereocenters. The van der Waals surface area contributed by atoms with E-state index in [1.807, 2.05) is 6.92 Å². The lowest BCUT2D eigenvalue weighted by Crippen LogP contribution is -2.38. The monoisotopic (exact) mass is 366 g/mol. The first-order valence-electron chi connectivity index (χ1n) is 9.25. The summed E-state index contributed by atoms with van der Waals surface area (Å²) < 4.78 is 16.4. The van der Waals surface area contributed by atoms with Gasteiger partial charge in [-0.25, -0.2) is 4.99 Å². The Balaban J connectivity index is 1.63. The van der Waals surface area contributed by atoms with Crippen LogP contribution in [0.4, 0.5) is 0 Å². The molecule has 1 aliphatic rings. The fourth-order valence-corrected chi connectivity index (χ4v) is 2.64. The molecule has 0 saturated carbocycles. The Labute approximate surface area is 154 Å². The Morgan fingerprint density at radius 1 is 1.35 bits per heavy atom. The molecule has 0 aliphatic carbocycles. The summed E-state index contributed by atoms with van der Waals surface area (Å²) in [5, 5.41) is 6.44. The summed E-state index contributed by atoms with van der Waals surface area (Å²) in [5.41, 5.74) is 5.17. The molecule has 4 N–H and O–H groups in total. The van der Waals surface area contributed by atoms with E-state index in [9.17, 15) is 4.79 Å². The van der Waals surface area contributed by atoms with E-state index in [0.717, 1.165) is 58.8 Å². The van der Waals surface area contributed by atoms with Gasteiger partial charge in [0, 0.05) is 39.5 Å². The van der Waals surface area contributed by atoms with E-state index >= 15 is 0 Å². The third kappa shape index (κ3) is 7.45. The molecule has 146 valence electrons. The number of amides is 1. The molecule has 0 aromatic carbocycles. The van der Waals surface area contributed by atoms with Gasteiger partial charge in [-0.2, -0.15) is 0 Å². The van der Waals surface area contributed by atoms with Crippen LogP contribution in [-0.4, -0.2) is 51.4 Å². The van der Waals surface area contributed by atoms with Crippen molar-refractivity contribution in [2.24, 2.45) is 16.6 Å². The van der Waals surface area contributed by atoms with Crippen LogP contribution in [0.3, 0.4) is 0 Å². The first-order valence-corrected chi connectivity index (χ1v) is 9.25. The zero-order chi connectivity index (χ0) is 18.6. The summed E-state index contributed by atoms with van der Waals surface area (Å²) in [6.45, 7) is 7.13. The Morgan fingerprint density at radius 2 is 2.15 bits per heavy atom. The second-order valence-electron chi connectivity index (χ2n) is 6.24. The lowest BCUT2D eigenvalue weighted by Gasteiger charge is -2.21. The second-order valence-corrected chi connectivity index (χ2v) is 6.24. The number of nitrogens with one attached hydrogen (secondary N) is 2. The maximum atomic E-state index is 11.0. The number of hydrogen-bond donors (Lipinski definition) is 3. The largest absolute Gasteiger partial charge is 0.454 e. The highest BCUT2D eigenvalue weighted by atomic mass is 16.5. The van der Waals surface area contributed by atoms with E-state index in [0.29, 0.717) is 24.2 Å². The standard InChI is InChI=1S/C18H30N4O4/c1-2-20-18(22-12-15-4-5-16(26-15)17(19)23)21-8-3-9-25-13-14-6-10-24-11-7-14/h4-5,14H,2-3,6-13H2,1H3,(H2,19,23)(H2,20,21,22). The minimum atomic E-state index is -0.578. The predicted octanol–water partition coefficient (Wildman–Crippen LogP) is 1.27. The van der Waals surface area contributed by atoms with Crippen molar-refractivity contribution in [1.29, 1.82) is 0 Å². The summed E-state index contributed by atoms with van der Waals surface area (Å²) in [5.74, 6) is 1.50. The Hall–Kier alpha value is -2.06. The van der Waals surface area contributed by atoms with Gasteiger partial charge in [0.25, 0.3) is 5.91 Å². The molecular weight excluding hydrogens is 336 g/mol. The number of nitrogens with zero attached hydrogens (tertiary/aromatic N) is 1. The molecule has 26 heavy (non-hydrogen) atoms. The fourth-order valence-electron chi connectivity index (χ4n) is 2.64. The minimum Gasteiger partial charge on any atom is -0.454 e. The predicted molar refractivity (Wildman–Crippen MR) is 99.0 cm³/mol. The van der Waals surface area contributed by atoms with E-state index in [-0.39, 0.29) is 5.76 Å². The van der Waals surface area contributed by atoms with E-state index in [1.165, 1.54) is 0 Å². The highest BCUT2D eigenvalue weighted by Crippen LogP contribution is 2.14. The van der Waals surface area contributed by atoms with Crippen molar-refractivity contribution >= 4 is 11.9 Å². The Bertz CT molecular complexity index is 567. The van der Waals surface area contributed by atoms with E-state index in [4.69, 9.17) is 19.6 Å². The number of guanidine groups is 1. The van der Waals surface area contributed by atoms with Crippen molar-refractivity contribution in [2.45, 2.75) is 32.7 Å². The van der Waals surface area contributed by atoms with Crippen LogP contribution in [0.5, 0.6) is 0 Å².